The van der Waals surface area contributed by atoms with Crippen molar-refractivity contribution in [2.24, 2.45) is 0 Å². The Labute approximate surface area is 136 Å². The highest BCUT2D eigenvalue weighted by Gasteiger charge is 2.14. The van der Waals surface area contributed by atoms with Crippen LogP contribution in [0.1, 0.15) is 11.1 Å². The molecule has 23 heavy (non-hydrogen) atoms. The summed E-state index contributed by atoms with van der Waals surface area (Å²) in [6.07, 6.45) is 4.60. The monoisotopic (exact) mass is 297 g/mol. The quantitative estimate of drug-likeness (QED) is 0.548. The van der Waals surface area contributed by atoms with E-state index in [0.717, 1.165) is 0 Å². The summed E-state index contributed by atoms with van der Waals surface area (Å²) in [5, 5.41) is 2.61. The fourth-order valence-corrected chi connectivity index (χ4v) is 3.30. The highest BCUT2D eigenvalue weighted by atomic mass is 15.1. The van der Waals surface area contributed by atoms with E-state index in [2.05, 4.69) is 97.9 Å². The molecule has 0 heterocycles. The number of fused-ring (bicyclic) bond motifs is 3. The molecule has 0 saturated carbocycles. The molecule has 0 saturated heterocycles. The number of benzene rings is 3. The zero-order valence-electron chi connectivity index (χ0n) is 13.5. The zero-order chi connectivity index (χ0) is 15.8. The molecule has 0 unspecified atom stereocenters. The summed E-state index contributed by atoms with van der Waals surface area (Å²) in [7, 11) is 4.21. The van der Waals surface area contributed by atoms with Gasteiger partial charge in [0.25, 0.3) is 0 Å². The van der Waals surface area contributed by atoms with E-state index < -0.39 is 0 Å². The maximum absolute atomic E-state index is 2.31. The van der Waals surface area contributed by atoms with Crippen molar-refractivity contribution in [3.05, 3.63) is 88.3 Å². The Morgan fingerprint density at radius 3 is 2.26 bits per heavy atom. The number of rotatable bonds is 2. The van der Waals surface area contributed by atoms with E-state index in [-0.39, 0.29) is 0 Å². The largest absolute Gasteiger partial charge is 0.377 e. The molecule has 1 heteroatoms. The van der Waals surface area contributed by atoms with Crippen LogP contribution in [-0.4, -0.2) is 14.1 Å². The Morgan fingerprint density at radius 1 is 0.739 bits per heavy atom. The minimum absolute atomic E-state index is 1.23. The highest BCUT2D eigenvalue weighted by Crippen LogP contribution is 2.26. The third-order valence-corrected chi connectivity index (χ3v) is 4.41. The Hall–Kier alpha value is -2.80. The van der Waals surface area contributed by atoms with E-state index in [4.69, 9.17) is 0 Å². The standard InChI is InChI=1S/C22H19N/c1-23(2)22-13-12-19-18-11-7-6-10-17(18)15-20(19)21(22)14-16-8-4-3-5-9-16/h3-15H,1-2H3. The van der Waals surface area contributed by atoms with Gasteiger partial charge in [0.2, 0.25) is 0 Å². The van der Waals surface area contributed by atoms with E-state index in [0.29, 0.717) is 0 Å². The first-order valence-corrected chi connectivity index (χ1v) is 7.92. The summed E-state index contributed by atoms with van der Waals surface area (Å²) < 4.78 is 0. The summed E-state index contributed by atoms with van der Waals surface area (Å²) in [5.74, 6) is 0. The van der Waals surface area contributed by atoms with Crippen molar-refractivity contribution in [3.63, 3.8) is 0 Å². The van der Waals surface area contributed by atoms with E-state index in [1.165, 1.54) is 38.4 Å². The molecular weight excluding hydrogens is 278 g/mol. The van der Waals surface area contributed by atoms with Crippen LogP contribution in [0.25, 0.3) is 23.3 Å². The van der Waals surface area contributed by atoms with Gasteiger partial charge < -0.3 is 4.90 Å². The van der Waals surface area contributed by atoms with Crippen molar-refractivity contribution < 1.29 is 0 Å². The molecule has 0 spiro atoms. The van der Waals surface area contributed by atoms with Crippen LogP contribution in [-0.2, 0) is 0 Å². The van der Waals surface area contributed by atoms with Crippen LogP contribution < -0.4 is 15.3 Å². The molecule has 0 bridgehead atoms. The smallest absolute Gasteiger partial charge is 0.0441 e. The van der Waals surface area contributed by atoms with Crippen molar-refractivity contribution in [2.75, 3.05) is 19.0 Å². The van der Waals surface area contributed by atoms with Gasteiger partial charge in [0, 0.05) is 25.0 Å². The van der Waals surface area contributed by atoms with Crippen molar-refractivity contribution in [3.8, 4) is 11.1 Å². The van der Waals surface area contributed by atoms with E-state index in [9.17, 15) is 0 Å². The van der Waals surface area contributed by atoms with Gasteiger partial charge in [-0.2, -0.15) is 0 Å². The second-order valence-corrected chi connectivity index (χ2v) is 6.14. The maximum Gasteiger partial charge on any atom is 0.0441 e. The minimum Gasteiger partial charge on any atom is -0.377 e. The molecule has 1 nitrogen and oxygen atoms in total. The molecule has 1 aliphatic carbocycles. The summed E-state index contributed by atoms with van der Waals surface area (Å²) >= 11 is 0. The van der Waals surface area contributed by atoms with E-state index >= 15 is 0 Å². The fourth-order valence-electron chi connectivity index (χ4n) is 3.30. The van der Waals surface area contributed by atoms with Gasteiger partial charge in [-0.05, 0) is 45.7 Å². The summed E-state index contributed by atoms with van der Waals surface area (Å²) in [6.45, 7) is 0. The van der Waals surface area contributed by atoms with Crippen molar-refractivity contribution in [1.82, 2.24) is 0 Å². The van der Waals surface area contributed by atoms with Gasteiger partial charge in [0.1, 0.15) is 0 Å². The Bertz CT molecular complexity index is 982. The summed E-state index contributed by atoms with van der Waals surface area (Å²) in [5.41, 5.74) is 6.44. The molecule has 0 atom stereocenters. The first-order chi connectivity index (χ1) is 11.2. The summed E-state index contributed by atoms with van der Waals surface area (Å²) in [4.78, 5) is 2.19. The molecule has 4 rings (SSSR count). The normalized spacial score (nSPS) is 12.5. The van der Waals surface area contributed by atoms with Gasteiger partial charge in [-0.3, -0.25) is 0 Å². The van der Waals surface area contributed by atoms with Gasteiger partial charge in [0.05, 0.1) is 0 Å². The molecule has 1 aliphatic rings. The second kappa shape index (κ2) is 5.44. The molecule has 0 radical (unpaired) electrons. The molecule has 0 aromatic heterocycles. The third-order valence-electron chi connectivity index (χ3n) is 4.41. The first-order valence-electron chi connectivity index (χ1n) is 7.92. The number of hydrogen-bond donors (Lipinski definition) is 0. The lowest BCUT2D eigenvalue weighted by Crippen LogP contribution is -2.31. The highest BCUT2D eigenvalue weighted by molar-refractivity contribution is 5.84. The Kier molecular flexibility index (Phi) is 3.27. The topological polar surface area (TPSA) is 3.24 Å². The average molecular weight is 297 g/mol. The minimum atomic E-state index is 1.23. The maximum atomic E-state index is 2.31. The van der Waals surface area contributed by atoms with Gasteiger partial charge >= 0.3 is 0 Å². The van der Waals surface area contributed by atoms with Crippen LogP contribution in [0.2, 0.25) is 0 Å². The molecule has 112 valence electrons. The predicted molar refractivity (Wildman–Crippen MR) is 99.0 cm³/mol. The first kappa shape index (κ1) is 13.8. The van der Waals surface area contributed by atoms with Crippen LogP contribution in [0.5, 0.6) is 0 Å². The molecular formula is C22H19N. The second-order valence-electron chi connectivity index (χ2n) is 6.14. The fraction of sp³-hybridized carbons (Fsp3) is 0.0909. The number of hydrogen-bond acceptors (Lipinski definition) is 1. The van der Waals surface area contributed by atoms with Crippen LogP contribution in [0.3, 0.4) is 0 Å². The SMILES string of the molecule is CN(C)c1ccc2c(c1=Cc1ccccc1)=Cc1ccccc1-2. The average Bonchev–Trinajstić information content (AvgIpc) is 2.95. The van der Waals surface area contributed by atoms with Crippen LogP contribution in [0.15, 0.2) is 66.7 Å². The van der Waals surface area contributed by atoms with Gasteiger partial charge in [-0.25, -0.2) is 0 Å². The Morgan fingerprint density at radius 2 is 1.48 bits per heavy atom. The van der Waals surface area contributed by atoms with Crippen LogP contribution in [0, 0.1) is 0 Å². The molecule has 3 aromatic rings. The lowest BCUT2D eigenvalue weighted by molar-refractivity contribution is 1.12. The van der Waals surface area contributed by atoms with Crippen molar-refractivity contribution in [2.45, 2.75) is 0 Å². The van der Waals surface area contributed by atoms with Crippen LogP contribution >= 0.6 is 0 Å². The van der Waals surface area contributed by atoms with Gasteiger partial charge in [-0.15, -0.1) is 0 Å². The van der Waals surface area contributed by atoms with Crippen molar-refractivity contribution in [1.29, 1.82) is 0 Å². The zero-order valence-corrected chi connectivity index (χ0v) is 13.5. The third kappa shape index (κ3) is 2.35. The summed E-state index contributed by atoms with van der Waals surface area (Å²) in [6, 6.07) is 23.6. The van der Waals surface area contributed by atoms with E-state index in [1.807, 2.05) is 0 Å². The molecule has 0 fully saturated rings. The predicted octanol–water partition coefficient (Wildman–Crippen LogP) is 3.39. The lowest BCUT2D eigenvalue weighted by Gasteiger charge is -2.15. The molecule has 0 N–H and O–H groups in total. The van der Waals surface area contributed by atoms with Crippen LogP contribution in [0.4, 0.5) is 5.69 Å². The Balaban J connectivity index is 2.07. The molecule has 0 amide bonds. The van der Waals surface area contributed by atoms with E-state index in [1.54, 1.807) is 0 Å². The van der Waals surface area contributed by atoms with Gasteiger partial charge in [0.15, 0.2) is 0 Å². The molecule has 0 aliphatic heterocycles. The molecule has 3 aromatic carbocycles. The van der Waals surface area contributed by atoms with Gasteiger partial charge in [-0.1, -0.05) is 60.7 Å². The number of nitrogens with zero attached hydrogens (tertiary/aromatic N) is 1. The number of anilines is 1. The lowest BCUT2D eigenvalue weighted by atomic mass is 10.0. The van der Waals surface area contributed by atoms with Crippen molar-refractivity contribution >= 4 is 17.8 Å².